The van der Waals surface area contributed by atoms with E-state index in [4.69, 9.17) is 4.74 Å². The zero-order chi connectivity index (χ0) is 20.1. The highest BCUT2D eigenvalue weighted by Gasteiger charge is 2.23. The van der Waals surface area contributed by atoms with Crippen molar-refractivity contribution >= 4 is 21.4 Å². The summed E-state index contributed by atoms with van der Waals surface area (Å²) in [5, 5.41) is 0. The fraction of sp³-hybridized carbons (Fsp3) is 0.381. The molecule has 28 heavy (non-hydrogen) atoms. The minimum Gasteiger partial charge on any atom is -0.497 e. The van der Waals surface area contributed by atoms with Crippen LogP contribution in [0.3, 0.4) is 0 Å². The van der Waals surface area contributed by atoms with E-state index in [0.29, 0.717) is 13.1 Å². The molecule has 3 rings (SSSR count). The normalized spacial score (nSPS) is 14.8. The van der Waals surface area contributed by atoms with Gasteiger partial charge in [0.1, 0.15) is 5.75 Å². The van der Waals surface area contributed by atoms with Crippen LogP contribution < -0.4 is 9.64 Å². The highest BCUT2D eigenvalue weighted by molar-refractivity contribution is 7.91. The van der Waals surface area contributed by atoms with Crippen molar-refractivity contribution in [2.75, 3.05) is 43.9 Å². The lowest BCUT2D eigenvalue weighted by Crippen LogP contribution is -2.49. The molecule has 0 aliphatic carbocycles. The van der Waals surface area contributed by atoms with Crippen molar-refractivity contribution in [3.63, 3.8) is 0 Å². The van der Waals surface area contributed by atoms with E-state index in [-0.39, 0.29) is 23.0 Å². The Balaban J connectivity index is 1.51. The third kappa shape index (κ3) is 4.84. The maximum atomic E-state index is 12.5. The molecule has 1 fully saturated rings. The van der Waals surface area contributed by atoms with Crippen molar-refractivity contribution in [1.29, 1.82) is 0 Å². The predicted octanol–water partition coefficient (Wildman–Crippen LogP) is 2.52. The van der Waals surface area contributed by atoms with Crippen LogP contribution in [0.1, 0.15) is 12.0 Å². The van der Waals surface area contributed by atoms with Crippen LogP contribution in [-0.4, -0.2) is 58.3 Å². The highest BCUT2D eigenvalue weighted by atomic mass is 32.2. The molecule has 7 heteroatoms. The Bertz CT molecular complexity index is 900. The number of anilines is 1. The van der Waals surface area contributed by atoms with Gasteiger partial charge in [-0.3, -0.25) is 4.79 Å². The van der Waals surface area contributed by atoms with E-state index >= 15 is 0 Å². The number of hydrogen-bond acceptors (Lipinski definition) is 5. The van der Waals surface area contributed by atoms with E-state index in [0.717, 1.165) is 30.1 Å². The molecule has 150 valence electrons. The number of carbonyl (C=O) groups is 1. The van der Waals surface area contributed by atoms with E-state index in [1.807, 2.05) is 31.2 Å². The van der Waals surface area contributed by atoms with Crippen molar-refractivity contribution < 1.29 is 17.9 Å². The van der Waals surface area contributed by atoms with E-state index in [1.54, 1.807) is 36.3 Å². The Hall–Kier alpha value is -2.54. The molecular formula is C21H26N2O4S. The van der Waals surface area contributed by atoms with Crippen LogP contribution in [0.15, 0.2) is 53.4 Å². The Morgan fingerprint density at radius 3 is 2.14 bits per heavy atom. The molecule has 6 nitrogen and oxygen atoms in total. The van der Waals surface area contributed by atoms with Gasteiger partial charge in [0.15, 0.2) is 9.84 Å². The smallest absolute Gasteiger partial charge is 0.223 e. The Morgan fingerprint density at radius 1 is 0.964 bits per heavy atom. The number of benzene rings is 2. The van der Waals surface area contributed by atoms with E-state index in [1.165, 1.54) is 0 Å². The van der Waals surface area contributed by atoms with Crippen LogP contribution in [0.2, 0.25) is 0 Å². The minimum absolute atomic E-state index is 0.0126. The van der Waals surface area contributed by atoms with Gasteiger partial charge in [-0.25, -0.2) is 8.42 Å². The van der Waals surface area contributed by atoms with Crippen molar-refractivity contribution in [2.45, 2.75) is 18.2 Å². The predicted molar refractivity (Wildman–Crippen MR) is 110 cm³/mol. The number of nitrogens with zero attached hydrogens (tertiary/aromatic N) is 2. The fourth-order valence-electron chi connectivity index (χ4n) is 3.25. The van der Waals surface area contributed by atoms with Gasteiger partial charge in [-0.15, -0.1) is 0 Å². The SMILES string of the molecule is COc1ccc(N2CCN(C(=O)CCS(=O)(=O)c3ccc(C)cc3)CC2)cc1. The Kier molecular flexibility index (Phi) is 6.24. The maximum absolute atomic E-state index is 12.5. The maximum Gasteiger partial charge on any atom is 0.223 e. The van der Waals surface area contributed by atoms with Crippen LogP contribution >= 0.6 is 0 Å². The van der Waals surface area contributed by atoms with Gasteiger partial charge in [-0.1, -0.05) is 17.7 Å². The average Bonchev–Trinajstić information content (AvgIpc) is 2.72. The summed E-state index contributed by atoms with van der Waals surface area (Å²) in [5.74, 6) is 0.547. The van der Waals surface area contributed by atoms with Crippen molar-refractivity contribution in [1.82, 2.24) is 4.90 Å². The lowest BCUT2D eigenvalue weighted by atomic mass is 10.2. The first-order chi connectivity index (χ1) is 13.4. The van der Waals surface area contributed by atoms with Crippen molar-refractivity contribution in [3.8, 4) is 5.75 Å². The third-order valence-corrected chi connectivity index (χ3v) is 6.77. The molecule has 0 aromatic heterocycles. The average molecular weight is 403 g/mol. The molecule has 0 unspecified atom stereocenters. The second-order valence-corrected chi connectivity index (χ2v) is 9.06. The van der Waals surface area contributed by atoms with Crippen LogP contribution in [0, 0.1) is 6.92 Å². The number of methoxy groups -OCH3 is 1. The number of aryl methyl sites for hydroxylation is 1. The molecule has 2 aromatic carbocycles. The summed E-state index contributed by atoms with van der Waals surface area (Å²) in [4.78, 5) is 16.7. The topological polar surface area (TPSA) is 66.9 Å². The van der Waals surface area contributed by atoms with Gasteiger partial charge < -0.3 is 14.5 Å². The molecular weight excluding hydrogens is 376 g/mol. The number of piperazine rings is 1. The van der Waals surface area contributed by atoms with Crippen LogP contribution in [-0.2, 0) is 14.6 Å². The Labute approximate surface area is 166 Å². The van der Waals surface area contributed by atoms with Gasteiger partial charge in [0.2, 0.25) is 5.91 Å². The first kappa shape index (κ1) is 20.2. The first-order valence-electron chi connectivity index (χ1n) is 9.35. The monoisotopic (exact) mass is 402 g/mol. The van der Waals surface area contributed by atoms with Gasteiger partial charge in [0.25, 0.3) is 0 Å². The number of amides is 1. The number of hydrogen-bond donors (Lipinski definition) is 0. The number of rotatable bonds is 6. The molecule has 0 radical (unpaired) electrons. The van der Waals surface area contributed by atoms with E-state index in [9.17, 15) is 13.2 Å². The summed E-state index contributed by atoms with van der Waals surface area (Å²) in [5.41, 5.74) is 2.10. The summed E-state index contributed by atoms with van der Waals surface area (Å²) in [7, 11) is -1.80. The summed E-state index contributed by atoms with van der Waals surface area (Å²) in [6.45, 7) is 4.54. The third-order valence-electron chi connectivity index (χ3n) is 5.03. The molecule has 0 spiro atoms. The van der Waals surface area contributed by atoms with Gasteiger partial charge in [-0.2, -0.15) is 0 Å². The zero-order valence-electron chi connectivity index (χ0n) is 16.3. The van der Waals surface area contributed by atoms with Crippen molar-refractivity contribution in [2.24, 2.45) is 0 Å². The lowest BCUT2D eigenvalue weighted by Gasteiger charge is -2.36. The quantitative estimate of drug-likeness (QED) is 0.743. The number of carbonyl (C=O) groups excluding carboxylic acids is 1. The number of ether oxygens (including phenoxy) is 1. The number of sulfone groups is 1. The summed E-state index contributed by atoms with van der Waals surface area (Å²) in [6, 6.07) is 14.6. The molecule has 0 N–H and O–H groups in total. The molecule has 0 bridgehead atoms. The second kappa shape index (κ2) is 8.65. The first-order valence-corrected chi connectivity index (χ1v) is 11.0. The summed E-state index contributed by atoms with van der Waals surface area (Å²) >= 11 is 0. The van der Waals surface area contributed by atoms with Crippen LogP contribution in [0.25, 0.3) is 0 Å². The van der Waals surface area contributed by atoms with Crippen LogP contribution in [0.4, 0.5) is 5.69 Å². The van der Waals surface area contributed by atoms with E-state index in [2.05, 4.69) is 4.90 Å². The molecule has 1 heterocycles. The van der Waals surface area contributed by atoms with Gasteiger partial charge >= 0.3 is 0 Å². The molecule has 1 saturated heterocycles. The van der Waals surface area contributed by atoms with Gasteiger partial charge in [0.05, 0.1) is 17.8 Å². The van der Waals surface area contributed by atoms with Gasteiger partial charge in [0, 0.05) is 38.3 Å². The zero-order valence-corrected chi connectivity index (χ0v) is 17.1. The minimum atomic E-state index is -3.44. The van der Waals surface area contributed by atoms with Gasteiger partial charge in [-0.05, 0) is 43.3 Å². The van der Waals surface area contributed by atoms with E-state index < -0.39 is 9.84 Å². The standard InChI is InChI=1S/C21H26N2O4S/c1-17-3-9-20(10-4-17)28(25,26)16-11-21(24)23-14-12-22(13-15-23)18-5-7-19(27-2)8-6-18/h3-10H,11-16H2,1-2H3. The summed E-state index contributed by atoms with van der Waals surface area (Å²) < 4.78 is 30.0. The molecule has 2 aromatic rings. The summed E-state index contributed by atoms with van der Waals surface area (Å²) in [6.07, 6.45) is 0.0126. The molecule has 0 atom stereocenters. The highest BCUT2D eigenvalue weighted by Crippen LogP contribution is 2.21. The molecule has 1 amide bonds. The fourth-order valence-corrected chi connectivity index (χ4v) is 4.48. The van der Waals surface area contributed by atoms with Crippen molar-refractivity contribution in [3.05, 3.63) is 54.1 Å². The molecule has 0 saturated carbocycles. The Morgan fingerprint density at radius 2 is 1.57 bits per heavy atom. The second-order valence-electron chi connectivity index (χ2n) is 6.95. The lowest BCUT2D eigenvalue weighted by molar-refractivity contribution is -0.131. The largest absolute Gasteiger partial charge is 0.497 e. The molecule has 1 aliphatic heterocycles. The van der Waals surface area contributed by atoms with Crippen LogP contribution in [0.5, 0.6) is 5.75 Å². The molecule has 1 aliphatic rings.